The summed E-state index contributed by atoms with van der Waals surface area (Å²) in [7, 11) is 1.47. The lowest BCUT2D eigenvalue weighted by Gasteiger charge is -2.16. The first-order chi connectivity index (χ1) is 15.2. The van der Waals surface area contributed by atoms with Gasteiger partial charge in [-0.15, -0.1) is 13.2 Å². The van der Waals surface area contributed by atoms with E-state index in [-0.39, 0.29) is 12.3 Å². The predicted molar refractivity (Wildman–Crippen MR) is 111 cm³/mol. The first-order valence-electron chi connectivity index (χ1n) is 9.72. The minimum Gasteiger partial charge on any atom is -0.489 e. The van der Waals surface area contributed by atoms with E-state index >= 15 is 0 Å². The fourth-order valence-electron chi connectivity index (χ4n) is 3.25. The Bertz CT molecular complexity index is 1200. The summed E-state index contributed by atoms with van der Waals surface area (Å²) < 4.78 is 44.9. The zero-order valence-corrected chi connectivity index (χ0v) is 18.0. The predicted octanol–water partition coefficient (Wildman–Crippen LogP) is 3.73. The van der Waals surface area contributed by atoms with Crippen LogP contribution in [0.1, 0.15) is 36.1 Å². The molecule has 32 heavy (non-hydrogen) atoms. The molecule has 0 saturated carbocycles. The molecule has 170 valence electrons. The molecule has 0 bridgehead atoms. The van der Waals surface area contributed by atoms with Crippen LogP contribution in [0.25, 0.3) is 5.69 Å². The Morgan fingerprint density at radius 3 is 2.53 bits per heavy atom. The maximum Gasteiger partial charge on any atom is 0.510 e. The van der Waals surface area contributed by atoms with E-state index in [2.05, 4.69) is 15.6 Å². The van der Waals surface area contributed by atoms with Gasteiger partial charge in [0, 0.05) is 5.56 Å². The van der Waals surface area contributed by atoms with Crippen molar-refractivity contribution in [1.82, 2.24) is 19.8 Å². The highest BCUT2D eigenvalue weighted by Crippen LogP contribution is 2.25. The molecule has 0 saturated heterocycles. The van der Waals surface area contributed by atoms with Gasteiger partial charge >= 0.3 is 12.0 Å². The molecule has 2 aromatic carbocycles. The number of hydrogen-bond donors (Lipinski definition) is 0. The largest absolute Gasteiger partial charge is 0.510 e. The number of nitrogens with zero attached hydrogens (tertiary/aromatic N) is 5. The topological polar surface area (TPSA) is 83.5 Å². The molecule has 0 radical (unpaired) electrons. The van der Waals surface area contributed by atoms with Crippen LogP contribution in [0.3, 0.4) is 0 Å². The van der Waals surface area contributed by atoms with Gasteiger partial charge in [0.15, 0.2) is 0 Å². The van der Waals surface area contributed by atoms with Crippen molar-refractivity contribution in [2.24, 2.45) is 5.16 Å². The summed E-state index contributed by atoms with van der Waals surface area (Å²) >= 11 is 0. The number of aryl methyl sites for hydroxylation is 2. The number of halogens is 3. The van der Waals surface area contributed by atoms with E-state index in [0.717, 1.165) is 16.7 Å². The van der Waals surface area contributed by atoms with Gasteiger partial charge in [0.1, 0.15) is 19.5 Å². The summed E-state index contributed by atoms with van der Waals surface area (Å²) in [5.41, 5.74) is 2.54. The second kappa shape index (κ2) is 9.25. The molecule has 0 amide bonds. The van der Waals surface area contributed by atoms with Gasteiger partial charge in [-0.25, -0.2) is 4.79 Å². The van der Waals surface area contributed by atoms with Crippen molar-refractivity contribution in [1.29, 1.82) is 0 Å². The average molecular weight is 449 g/mol. The average Bonchev–Trinajstić information content (AvgIpc) is 3.14. The van der Waals surface area contributed by atoms with Gasteiger partial charge in [-0.1, -0.05) is 28.9 Å². The van der Waals surface area contributed by atoms with Crippen LogP contribution >= 0.6 is 0 Å². The maximum atomic E-state index is 13.0. The lowest BCUT2D eigenvalue weighted by atomic mass is 10.0. The highest BCUT2D eigenvalue weighted by atomic mass is 19.4. The Labute approximate surface area is 181 Å². The number of hydrogen-bond acceptors (Lipinski definition) is 6. The number of oxime groups is 1. The number of benzene rings is 2. The fourth-order valence-corrected chi connectivity index (χ4v) is 3.25. The van der Waals surface area contributed by atoms with Crippen molar-refractivity contribution in [3.63, 3.8) is 0 Å². The Morgan fingerprint density at radius 1 is 1.19 bits per heavy atom. The standard InChI is InChI=1S/C21H22F3N5O3/c1-5-15-7-6-8-18(28-20(30)29(27-26-28)21(22,23)24)17(15)12-32-19-10-9-16(11-13(19)2)14(3)25-31-4/h6-11H,5,12H2,1-4H3. The van der Waals surface area contributed by atoms with Crippen molar-refractivity contribution in [2.75, 3.05) is 7.11 Å². The number of ether oxygens (including phenoxy) is 1. The fraction of sp³-hybridized carbons (Fsp3) is 0.333. The molecule has 1 aromatic heterocycles. The van der Waals surface area contributed by atoms with Crippen molar-refractivity contribution < 1.29 is 22.7 Å². The van der Waals surface area contributed by atoms with Crippen LogP contribution in [0.2, 0.25) is 0 Å². The van der Waals surface area contributed by atoms with E-state index in [4.69, 9.17) is 9.57 Å². The third kappa shape index (κ3) is 4.66. The van der Waals surface area contributed by atoms with Gasteiger partial charge < -0.3 is 9.57 Å². The summed E-state index contributed by atoms with van der Waals surface area (Å²) in [5.74, 6) is 0.585. The molecule has 3 aromatic rings. The summed E-state index contributed by atoms with van der Waals surface area (Å²) in [6.45, 7) is 5.60. The maximum absolute atomic E-state index is 13.0. The molecule has 0 atom stereocenters. The monoisotopic (exact) mass is 449 g/mol. The Hall–Kier alpha value is -3.63. The number of rotatable bonds is 7. The molecule has 11 heteroatoms. The molecule has 0 aliphatic rings. The van der Waals surface area contributed by atoms with Crippen molar-refractivity contribution in [3.05, 3.63) is 69.1 Å². The van der Waals surface area contributed by atoms with Crippen LogP contribution in [0, 0.1) is 6.92 Å². The minimum atomic E-state index is -4.96. The van der Waals surface area contributed by atoms with Crippen molar-refractivity contribution in [2.45, 2.75) is 40.1 Å². The van der Waals surface area contributed by atoms with Crippen LogP contribution in [-0.2, 0) is 24.2 Å². The molecule has 0 spiro atoms. The van der Waals surface area contributed by atoms with Gasteiger partial charge in [0.25, 0.3) is 0 Å². The van der Waals surface area contributed by atoms with Crippen molar-refractivity contribution >= 4 is 5.71 Å². The number of aromatic nitrogens is 4. The molecule has 0 unspecified atom stereocenters. The molecular weight excluding hydrogens is 427 g/mol. The summed E-state index contributed by atoms with van der Waals surface area (Å²) in [5, 5.41) is 10.3. The quantitative estimate of drug-likeness (QED) is 0.406. The van der Waals surface area contributed by atoms with Crippen LogP contribution < -0.4 is 10.4 Å². The van der Waals surface area contributed by atoms with Gasteiger partial charge in [0.05, 0.1) is 11.4 Å². The van der Waals surface area contributed by atoms with Crippen LogP contribution in [0.15, 0.2) is 46.3 Å². The molecule has 1 heterocycles. The molecule has 3 rings (SSSR count). The van der Waals surface area contributed by atoms with Gasteiger partial charge in [0.2, 0.25) is 0 Å². The summed E-state index contributed by atoms with van der Waals surface area (Å²) in [6, 6.07) is 10.5. The highest BCUT2D eigenvalue weighted by molar-refractivity contribution is 5.98. The molecule has 0 N–H and O–H groups in total. The number of tetrazole rings is 1. The van der Waals surface area contributed by atoms with Crippen molar-refractivity contribution in [3.8, 4) is 11.4 Å². The third-order valence-corrected chi connectivity index (χ3v) is 4.87. The second-order valence-corrected chi connectivity index (χ2v) is 6.95. The minimum absolute atomic E-state index is 0.0238. The Kier molecular flexibility index (Phi) is 6.66. The van der Waals surface area contributed by atoms with E-state index in [9.17, 15) is 18.0 Å². The lowest BCUT2D eigenvalue weighted by molar-refractivity contribution is -0.215. The van der Waals surface area contributed by atoms with Crippen LogP contribution in [0.4, 0.5) is 13.2 Å². The first kappa shape index (κ1) is 23.0. The molecule has 8 nitrogen and oxygen atoms in total. The molecular formula is C21H22F3N5O3. The van der Waals surface area contributed by atoms with E-state index in [1.165, 1.54) is 13.2 Å². The molecule has 0 aliphatic carbocycles. The zero-order valence-electron chi connectivity index (χ0n) is 18.0. The lowest BCUT2D eigenvalue weighted by Crippen LogP contribution is -2.33. The zero-order chi connectivity index (χ0) is 23.5. The molecule has 0 fully saturated rings. The second-order valence-electron chi connectivity index (χ2n) is 6.95. The Balaban J connectivity index is 1.96. The summed E-state index contributed by atoms with van der Waals surface area (Å²) in [6.07, 6.45) is -4.38. The van der Waals surface area contributed by atoms with Gasteiger partial charge in [-0.05, 0) is 71.7 Å². The SMILES string of the molecule is CCc1cccc(-n2nnn(C(F)(F)F)c2=O)c1COc1ccc(C(C)=NOC)cc1C. The normalized spacial score (nSPS) is 12.2. The van der Waals surface area contributed by atoms with Crippen LogP contribution in [-0.4, -0.2) is 32.6 Å². The smallest absolute Gasteiger partial charge is 0.489 e. The Morgan fingerprint density at radius 2 is 1.94 bits per heavy atom. The van der Waals surface area contributed by atoms with Gasteiger partial charge in [-0.2, -0.15) is 4.68 Å². The summed E-state index contributed by atoms with van der Waals surface area (Å²) in [4.78, 5) is 17.1. The van der Waals surface area contributed by atoms with E-state index < -0.39 is 16.7 Å². The van der Waals surface area contributed by atoms with Gasteiger partial charge in [-0.3, -0.25) is 0 Å². The van der Waals surface area contributed by atoms with E-state index in [1.54, 1.807) is 12.1 Å². The third-order valence-electron chi connectivity index (χ3n) is 4.87. The van der Waals surface area contributed by atoms with E-state index in [0.29, 0.717) is 28.1 Å². The highest BCUT2D eigenvalue weighted by Gasteiger charge is 2.36. The first-order valence-corrected chi connectivity index (χ1v) is 9.72. The number of alkyl halides is 3. The molecule has 0 aliphatic heterocycles. The van der Waals surface area contributed by atoms with Crippen LogP contribution in [0.5, 0.6) is 5.75 Å². The van der Waals surface area contributed by atoms with E-state index in [1.807, 2.05) is 39.0 Å².